The summed E-state index contributed by atoms with van der Waals surface area (Å²) in [6.45, 7) is 6.87. The van der Waals surface area contributed by atoms with Crippen LogP contribution in [0.5, 0.6) is 0 Å². The molecule has 1 saturated heterocycles. The van der Waals surface area contributed by atoms with Crippen LogP contribution in [0.4, 0.5) is 0 Å². The maximum atomic E-state index is 11.1. The zero-order valence-electron chi connectivity index (χ0n) is 11.1. The SMILES string of the molecule is CCC(N)C1(CC(=O)O)CCOC(C(C)C)C1. The van der Waals surface area contributed by atoms with E-state index >= 15 is 0 Å². The third kappa shape index (κ3) is 3.42. The van der Waals surface area contributed by atoms with Gasteiger partial charge in [-0.3, -0.25) is 4.79 Å². The fourth-order valence-electron chi connectivity index (χ4n) is 2.77. The molecule has 1 aliphatic rings. The molecule has 1 aliphatic heterocycles. The van der Waals surface area contributed by atoms with Crippen LogP contribution in [-0.4, -0.2) is 29.8 Å². The fourth-order valence-corrected chi connectivity index (χ4v) is 2.77. The first-order valence-corrected chi connectivity index (χ1v) is 6.50. The van der Waals surface area contributed by atoms with E-state index in [1.807, 2.05) is 6.92 Å². The quantitative estimate of drug-likeness (QED) is 0.775. The number of hydrogen-bond acceptors (Lipinski definition) is 3. The molecule has 0 saturated carbocycles. The van der Waals surface area contributed by atoms with E-state index in [0.717, 1.165) is 19.3 Å². The Morgan fingerprint density at radius 3 is 2.71 bits per heavy atom. The number of aliphatic carboxylic acids is 1. The summed E-state index contributed by atoms with van der Waals surface area (Å²) < 4.78 is 5.72. The number of carbonyl (C=O) groups is 1. The number of carboxylic acid groups (broad SMARTS) is 1. The molecule has 3 N–H and O–H groups in total. The monoisotopic (exact) mass is 243 g/mol. The molecule has 1 rings (SSSR count). The molecule has 100 valence electrons. The molecule has 1 heterocycles. The zero-order valence-corrected chi connectivity index (χ0v) is 11.1. The molecule has 17 heavy (non-hydrogen) atoms. The molecule has 4 nitrogen and oxygen atoms in total. The van der Waals surface area contributed by atoms with Gasteiger partial charge in [0.25, 0.3) is 0 Å². The average molecular weight is 243 g/mol. The van der Waals surface area contributed by atoms with E-state index < -0.39 is 5.97 Å². The fraction of sp³-hybridized carbons (Fsp3) is 0.923. The minimum Gasteiger partial charge on any atom is -0.481 e. The third-order valence-electron chi connectivity index (χ3n) is 4.01. The van der Waals surface area contributed by atoms with Gasteiger partial charge in [0.2, 0.25) is 0 Å². The lowest BCUT2D eigenvalue weighted by atomic mass is 9.68. The highest BCUT2D eigenvalue weighted by molar-refractivity contribution is 5.68. The van der Waals surface area contributed by atoms with Gasteiger partial charge in [-0.2, -0.15) is 0 Å². The normalized spacial score (nSPS) is 31.5. The number of carboxylic acids is 1. The van der Waals surface area contributed by atoms with Gasteiger partial charge in [-0.15, -0.1) is 0 Å². The number of rotatable bonds is 5. The van der Waals surface area contributed by atoms with Gasteiger partial charge < -0.3 is 15.6 Å². The standard InChI is InChI=1S/C13H25NO3/c1-4-11(14)13(8-12(15)16)5-6-17-10(7-13)9(2)3/h9-11H,4-8,14H2,1-3H3,(H,15,16). The second-order valence-corrected chi connectivity index (χ2v) is 5.56. The Morgan fingerprint density at radius 2 is 2.24 bits per heavy atom. The van der Waals surface area contributed by atoms with Crippen LogP contribution in [0.1, 0.15) is 46.5 Å². The van der Waals surface area contributed by atoms with Gasteiger partial charge in [0, 0.05) is 18.1 Å². The maximum Gasteiger partial charge on any atom is 0.303 e. The largest absolute Gasteiger partial charge is 0.481 e. The lowest BCUT2D eigenvalue weighted by molar-refractivity contribution is -0.145. The van der Waals surface area contributed by atoms with Crippen molar-refractivity contribution in [3.8, 4) is 0 Å². The van der Waals surface area contributed by atoms with Gasteiger partial charge in [-0.1, -0.05) is 20.8 Å². The molecule has 3 unspecified atom stereocenters. The van der Waals surface area contributed by atoms with E-state index in [-0.39, 0.29) is 24.0 Å². The summed E-state index contributed by atoms with van der Waals surface area (Å²) in [5.74, 6) is -0.342. The Balaban J connectivity index is 2.85. The van der Waals surface area contributed by atoms with Crippen LogP contribution in [-0.2, 0) is 9.53 Å². The van der Waals surface area contributed by atoms with Crippen molar-refractivity contribution in [1.82, 2.24) is 0 Å². The lowest BCUT2D eigenvalue weighted by Gasteiger charge is -2.45. The first kappa shape index (κ1) is 14.5. The zero-order chi connectivity index (χ0) is 13.1. The Kier molecular flexibility index (Phi) is 4.95. The second-order valence-electron chi connectivity index (χ2n) is 5.56. The van der Waals surface area contributed by atoms with Crippen LogP contribution >= 0.6 is 0 Å². The van der Waals surface area contributed by atoms with Crippen molar-refractivity contribution in [3.63, 3.8) is 0 Å². The molecule has 4 heteroatoms. The van der Waals surface area contributed by atoms with Crippen LogP contribution in [0.15, 0.2) is 0 Å². The molecule has 0 spiro atoms. The predicted octanol–water partition coefficient (Wildman–Crippen LogP) is 2.02. The number of ether oxygens (including phenoxy) is 1. The van der Waals surface area contributed by atoms with Crippen molar-refractivity contribution in [2.24, 2.45) is 17.1 Å². The van der Waals surface area contributed by atoms with Crippen molar-refractivity contribution >= 4 is 5.97 Å². The Bertz CT molecular complexity index is 267. The van der Waals surface area contributed by atoms with E-state index in [0.29, 0.717) is 12.5 Å². The Hall–Kier alpha value is -0.610. The van der Waals surface area contributed by atoms with Crippen LogP contribution in [0, 0.1) is 11.3 Å². The highest BCUT2D eigenvalue weighted by atomic mass is 16.5. The van der Waals surface area contributed by atoms with Crippen molar-refractivity contribution in [1.29, 1.82) is 0 Å². The van der Waals surface area contributed by atoms with Crippen LogP contribution < -0.4 is 5.73 Å². The molecular weight excluding hydrogens is 218 g/mol. The summed E-state index contributed by atoms with van der Waals surface area (Å²) in [7, 11) is 0. The van der Waals surface area contributed by atoms with Crippen molar-refractivity contribution in [3.05, 3.63) is 0 Å². The van der Waals surface area contributed by atoms with E-state index in [1.165, 1.54) is 0 Å². The van der Waals surface area contributed by atoms with Crippen molar-refractivity contribution in [2.75, 3.05) is 6.61 Å². The molecule has 0 radical (unpaired) electrons. The first-order valence-electron chi connectivity index (χ1n) is 6.50. The molecule has 1 fully saturated rings. The molecule has 0 aromatic carbocycles. The topological polar surface area (TPSA) is 72.6 Å². The summed E-state index contributed by atoms with van der Waals surface area (Å²) in [4.78, 5) is 11.1. The van der Waals surface area contributed by atoms with Gasteiger partial charge in [0.1, 0.15) is 0 Å². The van der Waals surface area contributed by atoms with Gasteiger partial charge in [0.05, 0.1) is 12.5 Å². The van der Waals surface area contributed by atoms with Crippen LogP contribution in [0.25, 0.3) is 0 Å². The number of hydrogen-bond donors (Lipinski definition) is 2. The first-order chi connectivity index (χ1) is 7.91. The third-order valence-corrected chi connectivity index (χ3v) is 4.01. The molecule has 0 bridgehead atoms. The second kappa shape index (κ2) is 5.83. The highest BCUT2D eigenvalue weighted by Gasteiger charge is 2.43. The minimum atomic E-state index is -0.752. The lowest BCUT2D eigenvalue weighted by Crippen LogP contribution is -2.49. The maximum absolute atomic E-state index is 11.1. The molecule has 0 amide bonds. The summed E-state index contributed by atoms with van der Waals surface area (Å²) in [5.41, 5.74) is 5.89. The minimum absolute atomic E-state index is 0.0521. The number of nitrogens with two attached hydrogens (primary N) is 1. The van der Waals surface area contributed by atoms with E-state index in [2.05, 4.69) is 13.8 Å². The highest BCUT2D eigenvalue weighted by Crippen LogP contribution is 2.42. The summed E-state index contributed by atoms with van der Waals surface area (Å²) >= 11 is 0. The van der Waals surface area contributed by atoms with E-state index in [1.54, 1.807) is 0 Å². The Morgan fingerprint density at radius 1 is 1.59 bits per heavy atom. The smallest absolute Gasteiger partial charge is 0.303 e. The van der Waals surface area contributed by atoms with Gasteiger partial charge >= 0.3 is 5.97 Å². The molecule has 0 aromatic rings. The van der Waals surface area contributed by atoms with Crippen molar-refractivity contribution in [2.45, 2.75) is 58.6 Å². The molecule has 3 atom stereocenters. The molecule has 0 aliphatic carbocycles. The summed E-state index contributed by atoms with van der Waals surface area (Å²) in [6.07, 6.45) is 2.65. The van der Waals surface area contributed by atoms with E-state index in [9.17, 15) is 4.79 Å². The Labute approximate surface area is 104 Å². The van der Waals surface area contributed by atoms with Crippen molar-refractivity contribution < 1.29 is 14.6 Å². The average Bonchev–Trinajstić information content (AvgIpc) is 2.27. The van der Waals surface area contributed by atoms with Crippen LogP contribution in [0.2, 0.25) is 0 Å². The summed E-state index contributed by atoms with van der Waals surface area (Å²) in [5, 5.41) is 9.10. The van der Waals surface area contributed by atoms with Gasteiger partial charge in [-0.25, -0.2) is 0 Å². The van der Waals surface area contributed by atoms with Gasteiger partial charge in [0.15, 0.2) is 0 Å². The summed E-state index contributed by atoms with van der Waals surface area (Å²) in [6, 6.07) is -0.0521. The van der Waals surface area contributed by atoms with Gasteiger partial charge in [-0.05, 0) is 25.2 Å². The molecule has 0 aromatic heterocycles. The van der Waals surface area contributed by atoms with Crippen LogP contribution in [0.3, 0.4) is 0 Å². The predicted molar refractivity (Wildman–Crippen MR) is 66.8 cm³/mol. The van der Waals surface area contributed by atoms with E-state index in [4.69, 9.17) is 15.6 Å². The molecular formula is C13H25NO3.